The lowest BCUT2D eigenvalue weighted by Gasteiger charge is -2.07. The van der Waals surface area contributed by atoms with Gasteiger partial charge < -0.3 is 19.9 Å². The van der Waals surface area contributed by atoms with E-state index in [1.54, 1.807) is 42.5 Å². The average Bonchev–Trinajstić information content (AvgIpc) is 2.72. The van der Waals surface area contributed by atoms with E-state index in [0.717, 1.165) is 6.42 Å². The average molecular weight is 385 g/mol. The summed E-state index contributed by atoms with van der Waals surface area (Å²) in [5.74, 6) is 0.0177. The Kier molecular flexibility index (Phi) is 7.83. The number of nitrogens with one attached hydrogen (secondary N) is 2. The zero-order valence-electron chi connectivity index (χ0n) is 15.8. The van der Waals surface area contributed by atoms with Crippen LogP contribution in [0.1, 0.15) is 29.3 Å². The Labute approximate surface area is 163 Å². The molecule has 3 N–H and O–H groups in total. The molecule has 0 atom stereocenters. The van der Waals surface area contributed by atoms with Crippen LogP contribution in [-0.4, -0.2) is 43.4 Å². The number of phenolic OH excluding ortho intramolecular Hbond substituents is 1. The molecule has 2 aromatic carbocycles. The van der Waals surface area contributed by atoms with E-state index in [1.165, 1.54) is 13.3 Å². The second-order valence-corrected chi connectivity index (χ2v) is 5.75. The molecule has 0 fully saturated rings. The number of rotatable bonds is 9. The van der Waals surface area contributed by atoms with Crippen molar-refractivity contribution in [2.45, 2.75) is 13.3 Å². The van der Waals surface area contributed by atoms with Crippen molar-refractivity contribution in [1.82, 2.24) is 10.7 Å². The van der Waals surface area contributed by atoms with Gasteiger partial charge in [0, 0.05) is 11.1 Å². The Morgan fingerprint density at radius 3 is 2.61 bits per heavy atom. The number of carbonyl (C=O) groups excluding carboxylic acids is 2. The first kappa shape index (κ1) is 20.8. The molecular weight excluding hydrogens is 362 g/mol. The van der Waals surface area contributed by atoms with Crippen molar-refractivity contribution < 1.29 is 24.2 Å². The second kappa shape index (κ2) is 10.6. The first-order valence-corrected chi connectivity index (χ1v) is 8.74. The molecule has 2 aromatic rings. The number of hydrazone groups is 1. The molecule has 2 amide bonds. The number of ether oxygens (including phenoxy) is 2. The number of hydrogen-bond acceptors (Lipinski definition) is 6. The molecule has 0 aliphatic heterocycles. The van der Waals surface area contributed by atoms with E-state index in [-0.39, 0.29) is 18.2 Å². The molecule has 8 heteroatoms. The standard InChI is InChI=1S/C20H23N3O5/c1-3-11-28-16-9-7-14(8-10-16)20(26)21-13-18(24)23-22-12-15-5-4-6-17(27-2)19(15)25/h4-10,12,25H,3,11,13H2,1-2H3,(H,21,26)(H,23,24)/b22-12+. The fraction of sp³-hybridized carbons (Fsp3) is 0.250. The molecule has 0 aliphatic carbocycles. The molecule has 0 saturated carbocycles. The molecule has 0 aliphatic rings. The molecule has 28 heavy (non-hydrogen) atoms. The maximum absolute atomic E-state index is 12.1. The number of aromatic hydroxyl groups is 1. The van der Waals surface area contributed by atoms with E-state index in [9.17, 15) is 14.7 Å². The summed E-state index contributed by atoms with van der Waals surface area (Å²) in [5, 5.41) is 16.2. The molecule has 0 spiro atoms. The Morgan fingerprint density at radius 1 is 1.18 bits per heavy atom. The van der Waals surface area contributed by atoms with Crippen molar-refractivity contribution in [3.8, 4) is 17.2 Å². The predicted molar refractivity (Wildman–Crippen MR) is 105 cm³/mol. The van der Waals surface area contributed by atoms with Gasteiger partial charge in [-0.15, -0.1) is 0 Å². The van der Waals surface area contributed by atoms with Gasteiger partial charge in [-0.25, -0.2) is 5.43 Å². The van der Waals surface area contributed by atoms with Crippen molar-refractivity contribution >= 4 is 18.0 Å². The lowest BCUT2D eigenvalue weighted by Crippen LogP contribution is -2.34. The van der Waals surface area contributed by atoms with Gasteiger partial charge in [-0.2, -0.15) is 5.10 Å². The van der Waals surface area contributed by atoms with Crippen LogP contribution < -0.4 is 20.2 Å². The lowest BCUT2D eigenvalue weighted by atomic mass is 10.2. The van der Waals surface area contributed by atoms with Crippen LogP contribution in [-0.2, 0) is 4.79 Å². The minimum Gasteiger partial charge on any atom is -0.504 e. The summed E-state index contributed by atoms with van der Waals surface area (Å²) in [6.07, 6.45) is 2.18. The van der Waals surface area contributed by atoms with Gasteiger partial charge in [0.2, 0.25) is 0 Å². The summed E-state index contributed by atoms with van der Waals surface area (Å²) in [6.45, 7) is 2.38. The molecule has 0 aromatic heterocycles. The fourth-order valence-corrected chi connectivity index (χ4v) is 2.21. The van der Waals surface area contributed by atoms with Crippen LogP contribution in [0, 0.1) is 0 Å². The zero-order valence-corrected chi connectivity index (χ0v) is 15.8. The third-order valence-electron chi connectivity index (χ3n) is 3.64. The van der Waals surface area contributed by atoms with Gasteiger partial charge >= 0.3 is 0 Å². The zero-order chi connectivity index (χ0) is 20.4. The maximum Gasteiger partial charge on any atom is 0.259 e. The van der Waals surface area contributed by atoms with Gasteiger partial charge in [0.25, 0.3) is 11.8 Å². The topological polar surface area (TPSA) is 109 Å². The van der Waals surface area contributed by atoms with Crippen LogP contribution in [0.15, 0.2) is 47.6 Å². The van der Waals surface area contributed by atoms with E-state index in [1.807, 2.05) is 6.92 Å². The van der Waals surface area contributed by atoms with E-state index >= 15 is 0 Å². The van der Waals surface area contributed by atoms with E-state index in [0.29, 0.717) is 29.2 Å². The van der Waals surface area contributed by atoms with Crippen molar-refractivity contribution in [2.75, 3.05) is 20.3 Å². The van der Waals surface area contributed by atoms with E-state index in [4.69, 9.17) is 9.47 Å². The molecule has 0 bridgehead atoms. The van der Waals surface area contributed by atoms with Gasteiger partial charge in [0.15, 0.2) is 11.5 Å². The van der Waals surface area contributed by atoms with Crippen LogP contribution in [0.4, 0.5) is 0 Å². The quantitative estimate of drug-likeness (QED) is 0.452. The Balaban J connectivity index is 1.81. The third kappa shape index (κ3) is 6.01. The number of methoxy groups -OCH3 is 1. The molecule has 0 unspecified atom stereocenters. The molecular formula is C20H23N3O5. The highest BCUT2D eigenvalue weighted by atomic mass is 16.5. The first-order valence-electron chi connectivity index (χ1n) is 8.74. The van der Waals surface area contributed by atoms with Crippen LogP contribution in [0.2, 0.25) is 0 Å². The summed E-state index contributed by atoms with van der Waals surface area (Å²) < 4.78 is 10.4. The molecule has 0 saturated heterocycles. The summed E-state index contributed by atoms with van der Waals surface area (Å²) in [5.41, 5.74) is 3.08. The van der Waals surface area contributed by atoms with Crippen LogP contribution in [0.25, 0.3) is 0 Å². The van der Waals surface area contributed by atoms with E-state index in [2.05, 4.69) is 15.8 Å². The first-order chi connectivity index (χ1) is 13.5. The van der Waals surface area contributed by atoms with Crippen molar-refractivity contribution in [3.63, 3.8) is 0 Å². The van der Waals surface area contributed by atoms with Crippen molar-refractivity contribution in [3.05, 3.63) is 53.6 Å². The molecule has 148 valence electrons. The predicted octanol–water partition coefficient (Wildman–Crippen LogP) is 2.07. The minimum absolute atomic E-state index is 0.0809. The smallest absolute Gasteiger partial charge is 0.259 e. The number of carbonyl (C=O) groups is 2. The van der Waals surface area contributed by atoms with Crippen LogP contribution >= 0.6 is 0 Å². The Morgan fingerprint density at radius 2 is 1.93 bits per heavy atom. The summed E-state index contributed by atoms with van der Waals surface area (Å²) in [6, 6.07) is 11.6. The fourth-order valence-electron chi connectivity index (χ4n) is 2.21. The monoisotopic (exact) mass is 385 g/mol. The van der Waals surface area contributed by atoms with Gasteiger partial charge in [-0.1, -0.05) is 13.0 Å². The maximum atomic E-state index is 12.1. The summed E-state index contributed by atoms with van der Waals surface area (Å²) >= 11 is 0. The molecule has 0 heterocycles. The van der Waals surface area contributed by atoms with Crippen LogP contribution in [0.3, 0.4) is 0 Å². The SMILES string of the molecule is CCCOc1ccc(C(=O)NCC(=O)N/N=C/c2cccc(OC)c2O)cc1. The lowest BCUT2D eigenvalue weighted by molar-refractivity contribution is -0.120. The van der Waals surface area contributed by atoms with Gasteiger partial charge in [0.05, 0.1) is 26.5 Å². The number of para-hydroxylation sites is 1. The minimum atomic E-state index is -0.505. The number of amides is 2. The van der Waals surface area contributed by atoms with Gasteiger partial charge in [-0.05, 0) is 42.8 Å². The Hall–Kier alpha value is -3.55. The molecule has 0 radical (unpaired) electrons. The summed E-state index contributed by atoms with van der Waals surface area (Å²) in [4.78, 5) is 23.9. The Bertz CT molecular complexity index is 834. The highest BCUT2D eigenvalue weighted by Gasteiger charge is 2.08. The van der Waals surface area contributed by atoms with Crippen molar-refractivity contribution in [1.29, 1.82) is 0 Å². The number of nitrogens with zero attached hydrogens (tertiary/aromatic N) is 1. The number of hydrogen-bond donors (Lipinski definition) is 3. The van der Waals surface area contributed by atoms with Crippen LogP contribution in [0.5, 0.6) is 17.2 Å². The highest BCUT2D eigenvalue weighted by molar-refractivity contribution is 5.96. The summed E-state index contributed by atoms with van der Waals surface area (Å²) in [7, 11) is 1.44. The highest BCUT2D eigenvalue weighted by Crippen LogP contribution is 2.27. The van der Waals surface area contributed by atoms with E-state index < -0.39 is 5.91 Å². The van der Waals surface area contributed by atoms with Crippen molar-refractivity contribution in [2.24, 2.45) is 5.10 Å². The molecule has 8 nitrogen and oxygen atoms in total. The number of phenols is 1. The molecule has 2 rings (SSSR count). The largest absolute Gasteiger partial charge is 0.504 e. The van der Waals surface area contributed by atoms with Gasteiger partial charge in [0.1, 0.15) is 5.75 Å². The second-order valence-electron chi connectivity index (χ2n) is 5.75. The normalized spacial score (nSPS) is 10.5. The number of benzene rings is 2. The van der Waals surface area contributed by atoms with Gasteiger partial charge in [-0.3, -0.25) is 9.59 Å². The third-order valence-corrected chi connectivity index (χ3v) is 3.64.